The lowest BCUT2D eigenvalue weighted by Crippen LogP contribution is -2.58. The van der Waals surface area contributed by atoms with Gasteiger partial charge in [0.2, 0.25) is 17.7 Å². The van der Waals surface area contributed by atoms with E-state index in [1.54, 1.807) is 11.3 Å². The fraction of sp³-hybridized carbons (Fsp3) is 0.536. The van der Waals surface area contributed by atoms with E-state index in [1.165, 1.54) is 33.7 Å². The number of nitrogens with zero attached hydrogens (tertiary/aromatic N) is 3. The van der Waals surface area contributed by atoms with Crippen LogP contribution in [0.2, 0.25) is 0 Å². The molecule has 3 heterocycles. The number of aliphatic hydroxyl groups excluding tert-OH is 1. The molecule has 3 amide bonds. The fourth-order valence-corrected chi connectivity index (χ4v) is 11.0. The Morgan fingerprint density at radius 2 is 1.60 bits per heavy atom. The van der Waals surface area contributed by atoms with Gasteiger partial charge in [-0.15, -0.1) is 11.3 Å². The Hall–Kier alpha value is -5.02. The molecule has 1 aromatic heterocycles. The number of likely N-dealkylation sites (tertiary alicyclic amines) is 1. The normalized spacial score (nSPS) is 19.8. The number of rotatable bonds is 20. The number of halogens is 2. The second-order valence-electron chi connectivity index (χ2n) is 21.8. The largest absolute Gasteiger partial charge is 0.493 e. The van der Waals surface area contributed by atoms with Crippen LogP contribution in [0.3, 0.4) is 0 Å². The molecular formula is C56H73F2N5O6S. The van der Waals surface area contributed by atoms with E-state index in [4.69, 9.17) is 9.47 Å². The van der Waals surface area contributed by atoms with Crippen molar-refractivity contribution in [3.63, 3.8) is 0 Å². The number of fused-ring (bicyclic) bond motifs is 2. The Balaban J connectivity index is 0.804. The number of nitrogens with one attached hydrogen (secondary N) is 2. The molecule has 1 aliphatic carbocycles. The number of β-amino-alcohol motifs (C(OH)–C–C–N with tert-alkyl or cyclic N) is 1. The molecule has 0 unspecified atom stereocenters. The summed E-state index contributed by atoms with van der Waals surface area (Å²) in [7, 11) is 0. The maximum absolute atomic E-state index is 16.2. The summed E-state index contributed by atoms with van der Waals surface area (Å²) in [6, 6.07) is 16.7. The van der Waals surface area contributed by atoms with Crippen molar-refractivity contribution in [2.45, 2.75) is 150 Å². The van der Waals surface area contributed by atoms with E-state index in [9.17, 15) is 19.5 Å². The highest BCUT2D eigenvalue weighted by Gasteiger charge is 2.45. The Labute approximate surface area is 417 Å². The summed E-state index contributed by atoms with van der Waals surface area (Å²) in [5, 5.41) is 16.4. The molecule has 3 aromatic carbocycles. The quantitative estimate of drug-likeness (QED) is 0.0746. The van der Waals surface area contributed by atoms with Crippen LogP contribution in [0, 0.1) is 29.4 Å². The highest BCUT2D eigenvalue weighted by Crippen LogP contribution is 2.50. The first-order chi connectivity index (χ1) is 33.3. The number of aromatic nitrogens is 1. The maximum Gasteiger partial charge on any atom is 0.246 e. The molecule has 0 radical (unpaired) electrons. The minimum atomic E-state index is -0.944. The summed E-state index contributed by atoms with van der Waals surface area (Å²) in [5.41, 5.74) is 8.83. The van der Waals surface area contributed by atoms with E-state index < -0.39 is 53.1 Å². The number of aliphatic hydroxyl groups is 1. The molecule has 14 heteroatoms. The molecule has 0 saturated carbocycles. The van der Waals surface area contributed by atoms with Crippen LogP contribution in [0.1, 0.15) is 134 Å². The lowest BCUT2D eigenvalue weighted by molar-refractivity contribution is -0.144. The van der Waals surface area contributed by atoms with Gasteiger partial charge in [0.05, 0.1) is 34.8 Å². The second-order valence-corrected chi connectivity index (χ2v) is 22.6. The molecule has 5 atom stereocenters. The number of thiazole rings is 1. The lowest BCUT2D eigenvalue weighted by atomic mass is 9.82. The molecule has 3 aliphatic rings. The van der Waals surface area contributed by atoms with Gasteiger partial charge in [-0.1, -0.05) is 116 Å². The molecular weight excluding hydrogens is 909 g/mol. The van der Waals surface area contributed by atoms with Gasteiger partial charge in [-0.2, -0.15) is 0 Å². The smallest absolute Gasteiger partial charge is 0.246 e. The number of amides is 3. The van der Waals surface area contributed by atoms with Crippen LogP contribution in [-0.2, 0) is 32.1 Å². The Bertz CT molecular complexity index is 2470. The molecule has 1 fully saturated rings. The van der Waals surface area contributed by atoms with E-state index in [-0.39, 0.29) is 54.8 Å². The summed E-state index contributed by atoms with van der Waals surface area (Å²) in [5.74, 6) is -2.17. The minimum Gasteiger partial charge on any atom is -0.493 e. The molecule has 378 valence electrons. The number of carbonyl (C=O) groups excluding carboxylic acids is 3. The first kappa shape index (κ1) is 52.8. The number of hydrogen-bond donors (Lipinski definition) is 3. The van der Waals surface area contributed by atoms with Crippen molar-refractivity contribution in [2.24, 2.45) is 10.8 Å². The van der Waals surface area contributed by atoms with Gasteiger partial charge in [0, 0.05) is 56.4 Å². The minimum absolute atomic E-state index is 0.00737. The van der Waals surface area contributed by atoms with Gasteiger partial charge in [-0.25, -0.2) is 13.8 Å². The SMILES string of the molecule is Cc1ncsc1-c1ccc(CNC(=O)[C@@H]2C[C@@H](O)CN2C(=O)[C@@H](NC(=O)COCCCCCCCCOc2cc(F)c([C@@H]3C4=C(C[C@@H](C)N3CC(C)(C)C)c3ccccc3C4)c(F)c2)C(C)(C)C)cc1. The van der Waals surface area contributed by atoms with Crippen LogP contribution in [0.25, 0.3) is 16.0 Å². The molecule has 0 spiro atoms. The molecule has 7 rings (SSSR count). The van der Waals surface area contributed by atoms with Crippen molar-refractivity contribution in [2.75, 3.05) is 32.9 Å². The summed E-state index contributed by atoms with van der Waals surface area (Å²) >= 11 is 1.57. The van der Waals surface area contributed by atoms with Crippen LogP contribution >= 0.6 is 11.3 Å². The monoisotopic (exact) mass is 982 g/mol. The van der Waals surface area contributed by atoms with Gasteiger partial charge in [0.25, 0.3) is 0 Å². The fourth-order valence-electron chi connectivity index (χ4n) is 10.2. The molecule has 70 heavy (non-hydrogen) atoms. The predicted octanol–water partition coefficient (Wildman–Crippen LogP) is 10.1. The van der Waals surface area contributed by atoms with Crippen LogP contribution < -0.4 is 15.4 Å². The second kappa shape index (κ2) is 23.0. The first-order valence-electron chi connectivity index (χ1n) is 25.1. The number of aryl methyl sites for hydroxylation is 1. The third-order valence-electron chi connectivity index (χ3n) is 13.7. The topological polar surface area (TPSA) is 133 Å². The van der Waals surface area contributed by atoms with Gasteiger partial charge in [0.15, 0.2) is 0 Å². The number of unbranched alkanes of at least 4 members (excludes halogenated alkanes) is 5. The van der Waals surface area contributed by atoms with Crippen molar-refractivity contribution < 1.29 is 37.7 Å². The van der Waals surface area contributed by atoms with Crippen LogP contribution in [-0.4, -0.2) is 94.8 Å². The first-order valence-corrected chi connectivity index (χ1v) is 26.0. The number of hydrogen-bond acceptors (Lipinski definition) is 9. The Morgan fingerprint density at radius 3 is 2.26 bits per heavy atom. The lowest BCUT2D eigenvalue weighted by Gasteiger charge is -2.45. The summed E-state index contributed by atoms with van der Waals surface area (Å²) < 4.78 is 43.9. The number of ether oxygens (including phenoxy) is 2. The van der Waals surface area contributed by atoms with E-state index in [1.807, 2.05) is 69.6 Å². The van der Waals surface area contributed by atoms with E-state index in [2.05, 4.69) is 60.3 Å². The zero-order valence-electron chi connectivity index (χ0n) is 42.3. The molecule has 2 aliphatic heterocycles. The zero-order chi connectivity index (χ0) is 50.3. The summed E-state index contributed by atoms with van der Waals surface area (Å²) in [4.78, 5) is 49.6. The standard InChI is InChI=1S/C56H73F2N5O6S/c1-35-25-43-42-18-14-13-17-39(42)26-44(43)50(63(35)33-55(3,4)5)49-45(57)28-41(29-46(49)58)69-24-16-12-10-9-11-15-23-68-32-48(65)61-52(56(6,7)8)54(67)62-31-40(64)27-47(62)53(66)59-30-37-19-21-38(22-20-37)51-36(2)60-34-70-51/h13-14,17-22,28-29,34-35,40,47,50,52,64H,9-12,15-16,23-27,30-33H2,1-8H3,(H,59,66)(H,61,65)/t35-,40-,47+,50+,52-/m1/s1. The van der Waals surface area contributed by atoms with Gasteiger partial charge >= 0.3 is 0 Å². The van der Waals surface area contributed by atoms with Gasteiger partial charge < -0.3 is 30.1 Å². The van der Waals surface area contributed by atoms with Gasteiger partial charge in [-0.3, -0.25) is 19.3 Å². The molecule has 4 aromatic rings. The van der Waals surface area contributed by atoms with Crippen molar-refractivity contribution in [1.82, 2.24) is 25.4 Å². The summed E-state index contributed by atoms with van der Waals surface area (Å²) in [6.07, 6.45) is 5.99. The van der Waals surface area contributed by atoms with E-state index >= 15 is 8.78 Å². The number of carbonyl (C=O) groups is 3. The number of benzene rings is 3. The van der Waals surface area contributed by atoms with Crippen LogP contribution in [0.4, 0.5) is 8.78 Å². The average Bonchev–Trinajstić information content (AvgIpc) is 4.02. The summed E-state index contributed by atoms with van der Waals surface area (Å²) in [6.45, 7) is 17.7. The Kier molecular flexibility index (Phi) is 17.4. The van der Waals surface area contributed by atoms with Crippen LogP contribution in [0.5, 0.6) is 5.75 Å². The maximum atomic E-state index is 16.2. The molecule has 3 N–H and O–H groups in total. The van der Waals surface area contributed by atoms with Gasteiger partial charge in [-0.05, 0) is 83.8 Å². The Morgan fingerprint density at radius 1 is 0.929 bits per heavy atom. The van der Waals surface area contributed by atoms with E-state index in [0.29, 0.717) is 26.2 Å². The van der Waals surface area contributed by atoms with E-state index in [0.717, 1.165) is 72.2 Å². The third-order valence-corrected chi connectivity index (χ3v) is 14.7. The molecule has 0 bridgehead atoms. The zero-order valence-corrected chi connectivity index (χ0v) is 43.2. The highest BCUT2D eigenvalue weighted by atomic mass is 32.1. The van der Waals surface area contributed by atoms with Crippen LogP contribution in [0.15, 0.2) is 71.7 Å². The average molecular weight is 982 g/mol. The third kappa shape index (κ3) is 13.1. The molecule has 1 saturated heterocycles. The van der Waals surface area contributed by atoms with Crippen molar-refractivity contribution in [1.29, 1.82) is 0 Å². The van der Waals surface area contributed by atoms with Crippen molar-refractivity contribution >= 4 is 34.6 Å². The van der Waals surface area contributed by atoms with Crippen molar-refractivity contribution in [3.05, 3.63) is 111 Å². The highest BCUT2D eigenvalue weighted by molar-refractivity contribution is 7.13. The van der Waals surface area contributed by atoms with Crippen molar-refractivity contribution in [3.8, 4) is 16.2 Å². The van der Waals surface area contributed by atoms with Gasteiger partial charge in [0.1, 0.15) is 36.1 Å². The predicted molar refractivity (Wildman–Crippen MR) is 272 cm³/mol. The molecule has 11 nitrogen and oxygen atoms in total.